The van der Waals surface area contributed by atoms with Crippen LogP contribution in [0.2, 0.25) is 0 Å². The molecule has 146 valence electrons. The molecule has 1 aromatic carbocycles. The van der Waals surface area contributed by atoms with E-state index in [4.69, 9.17) is 4.74 Å². The Morgan fingerprint density at radius 1 is 1.07 bits per heavy atom. The maximum Gasteiger partial charge on any atom is 0.322 e. The van der Waals surface area contributed by atoms with Gasteiger partial charge in [-0.1, -0.05) is 0 Å². The maximum atomic E-state index is 13.1. The van der Waals surface area contributed by atoms with Crippen LogP contribution >= 0.6 is 0 Å². The van der Waals surface area contributed by atoms with Crippen LogP contribution in [0.15, 0.2) is 18.2 Å². The SMILES string of the molecule is COc1ccc(C(=O)N(C)C)cc1NC(=O)N1CC2CC3CC(C2)CC1C3. The summed E-state index contributed by atoms with van der Waals surface area (Å²) < 4.78 is 5.41. The van der Waals surface area contributed by atoms with Crippen LogP contribution < -0.4 is 10.1 Å². The number of ether oxygens (including phenoxy) is 1. The first-order chi connectivity index (χ1) is 12.9. The first-order valence-electron chi connectivity index (χ1n) is 9.92. The van der Waals surface area contributed by atoms with Gasteiger partial charge in [0.25, 0.3) is 5.91 Å². The highest BCUT2D eigenvalue weighted by atomic mass is 16.5. The lowest BCUT2D eigenvalue weighted by Crippen LogP contribution is -2.44. The predicted molar refractivity (Wildman–Crippen MR) is 104 cm³/mol. The number of benzene rings is 1. The Bertz CT molecular complexity index is 734. The van der Waals surface area contributed by atoms with Crippen LogP contribution in [0, 0.1) is 17.8 Å². The Hall–Kier alpha value is -2.24. The molecule has 2 atom stereocenters. The van der Waals surface area contributed by atoms with Gasteiger partial charge in [0.1, 0.15) is 5.75 Å². The van der Waals surface area contributed by atoms with E-state index in [0.717, 1.165) is 31.2 Å². The summed E-state index contributed by atoms with van der Waals surface area (Å²) in [6, 6.07) is 5.45. The number of nitrogens with one attached hydrogen (secondary N) is 1. The van der Waals surface area contributed by atoms with Crippen molar-refractivity contribution in [2.45, 2.75) is 38.1 Å². The van der Waals surface area contributed by atoms with Gasteiger partial charge in [0.15, 0.2) is 0 Å². The lowest BCUT2D eigenvalue weighted by Gasteiger charge is -2.38. The molecule has 0 spiro atoms. The van der Waals surface area contributed by atoms with Gasteiger partial charge in [-0.2, -0.15) is 0 Å². The number of anilines is 1. The van der Waals surface area contributed by atoms with E-state index in [-0.39, 0.29) is 11.9 Å². The largest absolute Gasteiger partial charge is 0.495 e. The average Bonchev–Trinajstić information content (AvgIpc) is 2.84. The Morgan fingerprint density at radius 3 is 2.37 bits per heavy atom. The Labute approximate surface area is 160 Å². The molecule has 2 saturated carbocycles. The van der Waals surface area contributed by atoms with Gasteiger partial charge in [0, 0.05) is 32.2 Å². The minimum absolute atomic E-state index is 0.0686. The topological polar surface area (TPSA) is 61.9 Å². The van der Waals surface area contributed by atoms with Crippen molar-refractivity contribution in [3.63, 3.8) is 0 Å². The second-order valence-electron chi connectivity index (χ2n) is 8.63. The summed E-state index contributed by atoms with van der Waals surface area (Å²) in [4.78, 5) is 29.0. The van der Waals surface area contributed by atoms with E-state index < -0.39 is 0 Å². The van der Waals surface area contributed by atoms with Gasteiger partial charge in [0.2, 0.25) is 0 Å². The number of carbonyl (C=O) groups is 2. The number of methoxy groups -OCH3 is 1. The molecular weight excluding hydrogens is 342 g/mol. The van der Waals surface area contributed by atoms with Gasteiger partial charge in [-0.3, -0.25) is 4.79 Å². The molecule has 2 saturated heterocycles. The molecule has 27 heavy (non-hydrogen) atoms. The summed E-state index contributed by atoms with van der Waals surface area (Å²) in [5, 5.41) is 3.03. The molecule has 0 radical (unpaired) electrons. The molecule has 4 aliphatic rings. The summed E-state index contributed by atoms with van der Waals surface area (Å²) in [5.74, 6) is 2.69. The summed E-state index contributed by atoms with van der Waals surface area (Å²) in [6.45, 7) is 0.849. The second kappa shape index (κ2) is 7.06. The number of hydrogen-bond donors (Lipinski definition) is 1. The van der Waals surface area contributed by atoms with E-state index in [2.05, 4.69) is 5.32 Å². The molecule has 1 aromatic rings. The molecule has 6 nitrogen and oxygen atoms in total. The fraction of sp³-hybridized carbons (Fsp3) is 0.619. The van der Waals surface area contributed by atoms with Gasteiger partial charge >= 0.3 is 6.03 Å². The van der Waals surface area contributed by atoms with Crippen LogP contribution in [0.1, 0.15) is 42.5 Å². The van der Waals surface area contributed by atoms with Crippen LogP contribution in [0.3, 0.4) is 0 Å². The number of carbonyl (C=O) groups excluding carboxylic acids is 2. The average molecular weight is 371 g/mol. The third kappa shape index (κ3) is 3.49. The molecule has 5 rings (SSSR count). The number of urea groups is 1. The van der Waals surface area contributed by atoms with E-state index >= 15 is 0 Å². The van der Waals surface area contributed by atoms with Gasteiger partial charge in [-0.05, 0) is 68.1 Å². The lowest BCUT2D eigenvalue weighted by atomic mass is 9.68. The molecule has 4 bridgehead atoms. The highest BCUT2D eigenvalue weighted by molar-refractivity contribution is 5.98. The molecule has 3 amide bonds. The molecule has 4 fully saturated rings. The highest BCUT2D eigenvalue weighted by Crippen LogP contribution is 2.47. The molecule has 2 aliphatic heterocycles. The zero-order valence-electron chi connectivity index (χ0n) is 16.4. The third-order valence-electron chi connectivity index (χ3n) is 6.46. The second-order valence-corrected chi connectivity index (χ2v) is 8.63. The number of fused-ring (bicyclic) bond motifs is 1. The molecular formula is C21H29N3O3. The number of amides is 3. The van der Waals surface area contributed by atoms with Crippen molar-refractivity contribution in [2.24, 2.45) is 17.8 Å². The van der Waals surface area contributed by atoms with Crippen molar-refractivity contribution in [1.82, 2.24) is 9.80 Å². The molecule has 6 heteroatoms. The molecule has 1 N–H and O–H groups in total. The number of nitrogens with zero attached hydrogens (tertiary/aromatic N) is 2. The van der Waals surface area contributed by atoms with Crippen LogP contribution in [-0.2, 0) is 0 Å². The summed E-state index contributed by atoms with van der Waals surface area (Å²) in [7, 11) is 5.01. The zero-order valence-corrected chi connectivity index (χ0v) is 16.4. The standard InChI is InChI=1S/C21H29N3O3/c1-23(2)20(25)16-4-5-19(27-3)18(11-16)22-21(26)24-12-15-7-13-6-14(8-15)10-17(24)9-13/h4-5,11,13-15,17H,6-10,12H2,1-3H3,(H,22,26). The van der Waals surface area contributed by atoms with Crippen LogP contribution in [0.25, 0.3) is 0 Å². The smallest absolute Gasteiger partial charge is 0.322 e. The predicted octanol–water partition coefficient (Wildman–Crippen LogP) is 3.44. The van der Waals surface area contributed by atoms with Crippen molar-refractivity contribution in [1.29, 1.82) is 0 Å². The zero-order chi connectivity index (χ0) is 19.1. The van der Waals surface area contributed by atoms with Gasteiger partial charge in [-0.25, -0.2) is 4.79 Å². The molecule has 2 heterocycles. The summed E-state index contributed by atoms with van der Waals surface area (Å²) in [6.07, 6.45) is 6.16. The Balaban J connectivity index is 1.55. The van der Waals surface area contributed by atoms with Crippen LogP contribution in [0.5, 0.6) is 5.75 Å². The van der Waals surface area contributed by atoms with Gasteiger partial charge < -0.3 is 19.9 Å². The maximum absolute atomic E-state index is 13.1. The monoisotopic (exact) mass is 371 g/mol. The fourth-order valence-corrected chi connectivity index (χ4v) is 5.42. The van der Waals surface area contributed by atoms with E-state index in [1.807, 2.05) is 4.90 Å². The van der Waals surface area contributed by atoms with E-state index in [1.165, 1.54) is 24.2 Å². The minimum Gasteiger partial charge on any atom is -0.495 e. The molecule has 0 aromatic heterocycles. The first-order valence-corrected chi connectivity index (χ1v) is 9.92. The van der Waals surface area contributed by atoms with Crippen molar-refractivity contribution < 1.29 is 14.3 Å². The van der Waals surface area contributed by atoms with Crippen molar-refractivity contribution >= 4 is 17.6 Å². The minimum atomic E-state index is -0.0983. The molecule has 2 aliphatic carbocycles. The quantitative estimate of drug-likeness (QED) is 0.885. The van der Waals surface area contributed by atoms with E-state index in [0.29, 0.717) is 29.0 Å². The summed E-state index contributed by atoms with van der Waals surface area (Å²) >= 11 is 0. The van der Waals surface area contributed by atoms with Crippen molar-refractivity contribution in [3.05, 3.63) is 23.8 Å². The van der Waals surface area contributed by atoms with Crippen LogP contribution in [-0.4, -0.2) is 55.5 Å². The van der Waals surface area contributed by atoms with E-state index in [9.17, 15) is 9.59 Å². The van der Waals surface area contributed by atoms with E-state index in [1.54, 1.807) is 39.4 Å². The Morgan fingerprint density at radius 2 is 1.74 bits per heavy atom. The number of hydrogen-bond acceptors (Lipinski definition) is 3. The fourth-order valence-electron chi connectivity index (χ4n) is 5.42. The molecule has 2 unspecified atom stereocenters. The highest BCUT2D eigenvalue weighted by Gasteiger charge is 2.44. The summed E-state index contributed by atoms with van der Waals surface area (Å²) in [5.41, 5.74) is 1.09. The van der Waals surface area contributed by atoms with Gasteiger partial charge in [-0.15, -0.1) is 0 Å². The number of rotatable bonds is 3. The lowest BCUT2D eigenvalue weighted by molar-refractivity contribution is 0.0827. The van der Waals surface area contributed by atoms with Gasteiger partial charge in [0.05, 0.1) is 12.8 Å². The van der Waals surface area contributed by atoms with Crippen molar-refractivity contribution in [3.8, 4) is 5.75 Å². The third-order valence-corrected chi connectivity index (χ3v) is 6.46. The first kappa shape index (κ1) is 18.1. The normalized spacial score (nSPS) is 28.6. The van der Waals surface area contributed by atoms with Crippen LogP contribution in [0.4, 0.5) is 10.5 Å². The Kier molecular flexibility index (Phi) is 4.74. The van der Waals surface area contributed by atoms with Crippen molar-refractivity contribution in [2.75, 3.05) is 33.1 Å².